The third-order valence-corrected chi connectivity index (χ3v) is 6.21. The van der Waals surface area contributed by atoms with Crippen molar-refractivity contribution in [1.29, 1.82) is 0 Å². The molecule has 1 aromatic carbocycles. The minimum Gasteiger partial charge on any atom is -0.493 e. The summed E-state index contributed by atoms with van der Waals surface area (Å²) >= 11 is 0. The maximum atomic E-state index is 10.6. The summed E-state index contributed by atoms with van der Waals surface area (Å²) in [6, 6.07) is 5.74. The van der Waals surface area contributed by atoms with Gasteiger partial charge < -0.3 is 30.2 Å². The zero-order valence-corrected chi connectivity index (χ0v) is 20.3. The fraction of sp³-hybridized carbons (Fsp3) is 0.760. The van der Waals surface area contributed by atoms with E-state index in [4.69, 9.17) is 19.9 Å². The zero-order valence-electron chi connectivity index (χ0n) is 20.3. The molecular weight excluding hydrogens is 394 g/mol. The molecule has 1 rings (SSSR count). The van der Waals surface area contributed by atoms with Crippen LogP contribution in [0.15, 0.2) is 18.2 Å². The molecule has 6 heteroatoms. The van der Waals surface area contributed by atoms with Crippen molar-refractivity contribution in [3.8, 4) is 11.5 Å². The van der Waals surface area contributed by atoms with Crippen molar-refractivity contribution >= 4 is 0 Å². The summed E-state index contributed by atoms with van der Waals surface area (Å²) in [6.45, 7) is 9.82. The molecule has 0 aliphatic carbocycles. The monoisotopic (exact) mass is 439 g/mol. The van der Waals surface area contributed by atoms with E-state index in [-0.39, 0.29) is 18.6 Å². The van der Waals surface area contributed by atoms with Crippen molar-refractivity contribution in [2.75, 3.05) is 34.0 Å². The Morgan fingerprint density at radius 3 is 2.16 bits per heavy atom. The van der Waals surface area contributed by atoms with E-state index in [9.17, 15) is 10.2 Å². The molecule has 31 heavy (non-hydrogen) atoms. The van der Waals surface area contributed by atoms with Gasteiger partial charge >= 0.3 is 0 Å². The molecule has 0 fully saturated rings. The molecule has 0 saturated carbocycles. The van der Waals surface area contributed by atoms with Crippen molar-refractivity contribution in [3.63, 3.8) is 0 Å². The van der Waals surface area contributed by atoms with Crippen LogP contribution >= 0.6 is 0 Å². The Bertz CT molecular complexity index is 608. The normalized spacial score (nSPS) is 15.7. The van der Waals surface area contributed by atoms with Crippen LogP contribution in [-0.2, 0) is 11.2 Å². The number of benzene rings is 1. The topological polar surface area (TPSA) is 94.2 Å². The van der Waals surface area contributed by atoms with Crippen LogP contribution in [-0.4, -0.2) is 56.4 Å². The number of aliphatic hydroxyl groups excluding tert-OH is 2. The van der Waals surface area contributed by atoms with Crippen LogP contribution in [0, 0.1) is 23.7 Å². The summed E-state index contributed by atoms with van der Waals surface area (Å²) < 4.78 is 16.4. The smallest absolute Gasteiger partial charge is 0.161 e. The van der Waals surface area contributed by atoms with Gasteiger partial charge in [0, 0.05) is 32.8 Å². The van der Waals surface area contributed by atoms with Gasteiger partial charge in [-0.15, -0.1) is 0 Å². The molecule has 0 bridgehead atoms. The molecule has 0 aromatic heterocycles. The van der Waals surface area contributed by atoms with Gasteiger partial charge in [0.25, 0.3) is 0 Å². The number of hydrogen-bond donors (Lipinski definition) is 3. The Morgan fingerprint density at radius 1 is 0.935 bits per heavy atom. The highest BCUT2D eigenvalue weighted by atomic mass is 16.5. The molecule has 0 saturated heterocycles. The second kappa shape index (κ2) is 14.7. The van der Waals surface area contributed by atoms with Gasteiger partial charge in [-0.1, -0.05) is 33.8 Å². The van der Waals surface area contributed by atoms with Crippen molar-refractivity contribution in [3.05, 3.63) is 23.8 Å². The molecular formula is C25H45NO5. The Labute approximate surface area is 189 Å². The zero-order chi connectivity index (χ0) is 23.4. The second-order valence-electron chi connectivity index (χ2n) is 9.28. The highest BCUT2D eigenvalue weighted by Crippen LogP contribution is 2.31. The molecule has 0 aliphatic rings. The van der Waals surface area contributed by atoms with E-state index >= 15 is 0 Å². The van der Waals surface area contributed by atoms with E-state index in [2.05, 4.69) is 33.8 Å². The summed E-state index contributed by atoms with van der Waals surface area (Å²) in [5, 5.41) is 20.2. The number of hydrogen-bond acceptors (Lipinski definition) is 6. The maximum Gasteiger partial charge on any atom is 0.161 e. The summed E-state index contributed by atoms with van der Waals surface area (Å²) in [7, 11) is 3.33. The Kier molecular flexibility index (Phi) is 13.1. The summed E-state index contributed by atoms with van der Waals surface area (Å²) in [5.41, 5.74) is 7.56. The lowest BCUT2D eigenvalue weighted by atomic mass is 9.81. The van der Waals surface area contributed by atoms with Crippen LogP contribution in [0.3, 0.4) is 0 Å². The lowest BCUT2D eigenvalue weighted by molar-refractivity contribution is 0.0700. The molecule has 180 valence electrons. The van der Waals surface area contributed by atoms with Crippen molar-refractivity contribution in [2.45, 2.75) is 65.5 Å². The van der Waals surface area contributed by atoms with E-state index in [0.29, 0.717) is 37.4 Å². The predicted molar refractivity (Wildman–Crippen MR) is 126 cm³/mol. The molecule has 0 heterocycles. The lowest BCUT2D eigenvalue weighted by Gasteiger charge is -2.29. The maximum absolute atomic E-state index is 10.6. The third kappa shape index (κ3) is 9.77. The molecule has 0 spiro atoms. The molecule has 6 nitrogen and oxygen atoms in total. The van der Waals surface area contributed by atoms with Crippen LogP contribution in [0.5, 0.6) is 11.5 Å². The molecule has 4 N–H and O–H groups in total. The largest absolute Gasteiger partial charge is 0.493 e. The van der Waals surface area contributed by atoms with Gasteiger partial charge in [-0.3, -0.25) is 0 Å². The Balaban J connectivity index is 2.81. The summed E-state index contributed by atoms with van der Waals surface area (Å²) in [4.78, 5) is 0. The predicted octanol–water partition coefficient (Wildman–Crippen LogP) is 3.66. The number of nitrogens with two attached hydrogens (primary N) is 1. The molecule has 0 amide bonds. The van der Waals surface area contributed by atoms with E-state index < -0.39 is 6.10 Å². The number of aliphatic hydroxyl groups is 2. The van der Waals surface area contributed by atoms with Crippen molar-refractivity contribution in [1.82, 2.24) is 0 Å². The minimum atomic E-state index is -0.614. The Hall–Kier alpha value is -1.34. The van der Waals surface area contributed by atoms with E-state index in [1.165, 1.54) is 5.56 Å². The van der Waals surface area contributed by atoms with E-state index in [1.54, 1.807) is 14.2 Å². The average molecular weight is 440 g/mol. The van der Waals surface area contributed by atoms with Gasteiger partial charge in [-0.05, 0) is 60.6 Å². The second-order valence-corrected chi connectivity index (χ2v) is 9.28. The highest BCUT2D eigenvalue weighted by molar-refractivity contribution is 5.43. The number of rotatable bonds is 16. The van der Waals surface area contributed by atoms with Crippen LogP contribution in [0.4, 0.5) is 0 Å². The minimum absolute atomic E-state index is 0.0675. The van der Waals surface area contributed by atoms with Gasteiger partial charge in [0.15, 0.2) is 11.5 Å². The standard InChI is InChI=1S/C25H45NO5/c1-17(2)20(14-22(26)23(28)15-21(16-27)18(3)4)12-19-8-9-24(30-6)25(13-19)31-11-7-10-29-5/h8-9,13,17-18,20-23,27-28H,7,10-12,14-16,26H2,1-6H3/t20?,21?,22-,23-/m0/s1. The van der Waals surface area contributed by atoms with Crippen LogP contribution in [0.25, 0.3) is 0 Å². The van der Waals surface area contributed by atoms with Gasteiger partial charge in [0.05, 0.1) is 19.8 Å². The molecule has 4 atom stereocenters. The highest BCUT2D eigenvalue weighted by Gasteiger charge is 2.26. The molecule has 0 aliphatic heterocycles. The fourth-order valence-corrected chi connectivity index (χ4v) is 3.79. The fourth-order valence-electron chi connectivity index (χ4n) is 3.79. The van der Waals surface area contributed by atoms with Gasteiger partial charge in [0.2, 0.25) is 0 Å². The summed E-state index contributed by atoms with van der Waals surface area (Å²) in [5.74, 6) is 2.59. The van der Waals surface area contributed by atoms with Gasteiger partial charge in [0.1, 0.15) is 0 Å². The Morgan fingerprint density at radius 2 is 1.61 bits per heavy atom. The summed E-state index contributed by atoms with van der Waals surface area (Å²) in [6.07, 6.45) is 2.31. The number of ether oxygens (including phenoxy) is 3. The van der Waals surface area contributed by atoms with Gasteiger partial charge in [-0.25, -0.2) is 0 Å². The number of methoxy groups -OCH3 is 2. The van der Waals surface area contributed by atoms with E-state index in [0.717, 1.165) is 30.8 Å². The van der Waals surface area contributed by atoms with Crippen LogP contribution in [0.2, 0.25) is 0 Å². The quantitative estimate of drug-likeness (QED) is 0.340. The lowest BCUT2D eigenvalue weighted by Crippen LogP contribution is -2.40. The first-order valence-electron chi connectivity index (χ1n) is 11.6. The molecule has 1 aromatic rings. The van der Waals surface area contributed by atoms with Gasteiger partial charge in [-0.2, -0.15) is 0 Å². The van der Waals surface area contributed by atoms with Crippen LogP contribution < -0.4 is 15.2 Å². The van der Waals surface area contributed by atoms with Crippen LogP contribution in [0.1, 0.15) is 52.5 Å². The van der Waals surface area contributed by atoms with Crippen molar-refractivity contribution < 1.29 is 24.4 Å². The van der Waals surface area contributed by atoms with Crippen molar-refractivity contribution in [2.24, 2.45) is 29.4 Å². The third-order valence-electron chi connectivity index (χ3n) is 6.21. The van der Waals surface area contributed by atoms with E-state index in [1.807, 2.05) is 12.1 Å². The SMILES string of the molecule is COCCCOc1cc(CC(C[C@H](N)[C@@H](O)CC(CO)C(C)C)C(C)C)ccc1OC. The molecule has 0 radical (unpaired) electrons. The first-order chi connectivity index (χ1) is 14.7. The average Bonchev–Trinajstić information content (AvgIpc) is 2.74. The first kappa shape index (κ1) is 27.7. The first-order valence-corrected chi connectivity index (χ1v) is 11.6. The molecule has 2 unspecified atom stereocenters.